The Bertz CT molecular complexity index is 672. The number of nitrogens with one attached hydrogen (secondary N) is 1. The molecule has 0 aliphatic carbocycles. The van der Waals surface area contributed by atoms with Gasteiger partial charge in [0.25, 0.3) is 0 Å². The van der Waals surface area contributed by atoms with Crippen LogP contribution < -0.4 is 20.7 Å². The Morgan fingerprint density at radius 1 is 1.08 bits per heavy atom. The first-order valence-corrected chi connectivity index (χ1v) is 7.60. The summed E-state index contributed by atoms with van der Waals surface area (Å²) >= 11 is 0. The van der Waals surface area contributed by atoms with Gasteiger partial charge in [-0.2, -0.15) is 0 Å². The van der Waals surface area contributed by atoms with Crippen LogP contribution >= 0.6 is 0 Å². The molecule has 2 amide bonds. The maximum atomic E-state index is 12.3. The van der Waals surface area contributed by atoms with Crippen molar-refractivity contribution in [2.24, 2.45) is 5.73 Å². The van der Waals surface area contributed by atoms with Crippen molar-refractivity contribution in [2.75, 3.05) is 30.4 Å². The molecule has 3 N–H and O–H groups in total. The number of ether oxygens (including phenoxy) is 1. The van der Waals surface area contributed by atoms with E-state index in [-0.39, 0.29) is 18.9 Å². The first-order valence-electron chi connectivity index (χ1n) is 7.60. The lowest BCUT2D eigenvalue weighted by atomic mass is 10.2. The molecule has 6 heteroatoms. The van der Waals surface area contributed by atoms with Crippen LogP contribution in [0.4, 0.5) is 11.4 Å². The van der Waals surface area contributed by atoms with Gasteiger partial charge in [-0.1, -0.05) is 18.2 Å². The molecule has 2 aromatic carbocycles. The average molecular weight is 327 g/mol. The normalized spacial score (nSPS) is 10.0. The van der Waals surface area contributed by atoms with Crippen molar-refractivity contribution in [3.8, 4) is 5.75 Å². The van der Waals surface area contributed by atoms with E-state index in [1.54, 1.807) is 7.11 Å². The highest BCUT2D eigenvalue weighted by atomic mass is 16.5. The number of methoxy groups -OCH3 is 1. The van der Waals surface area contributed by atoms with Gasteiger partial charge in [-0.3, -0.25) is 9.59 Å². The van der Waals surface area contributed by atoms with Crippen LogP contribution in [0, 0.1) is 0 Å². The highest BCUT2D eigenvalue weighted by Crippen LogP contribution is 2.19. The lowest BCUT2D eigenvalue weighted by Crippen LogP contribution is -2.35. The third-order valence-electron chi connectivity index (χ3n) is 3.46. The predicted molar refractivity (Wildman–Crippen MR) is 94.1 cm³/mol. The molecule has 0 unspecified atom stereocenters. The summed E-state index contributed by atoms with van der Waals surface area (Å²) in [5.41, 5.74) is 6.78. The van der Waals surface area contributed by atoms with Crippen molar-refractivity contribution in [2.45, 2.75) is 6.42 Å². The molecule has 0 fully saturated rings. The largest absolute Gasteiger partial charge is 0.497 e. The third-order valence-corrected chi connectivity index (χ3v) is 3.46. The molecule has 2 aromatic rings. The fraction of sp³-hybridized carbons (Fsp3) is 0.222. The van der Waals surface area contributed by atoms with Gasteiger partial charge in [-0.25, -0.2) is 0 Å². The van der Waals surface area contributed by atoms with Crippen LogP contribution in [0.1, 0.15) is 6.42 Å². The third kappa shape index (κ3) is 5.31. The maximum absolute atomic E-state index is 12.3. The van der Waals surface area contributed by atoms with E-state index in [0.717, 1.165) is 17.1 Å². The minimum atomic E-state index is -0.406. The number of anilines is 2. The molecule has 0 saturated carbocycles. The smallest absolute Gasteiger partial charge is 0.243 e. The van der Waals surface area contributed by atoms with Crippen molar-refractivity contribution in [3.05, 3.63) is 54.6 Å². The number of hydrogen-bond donors (Lipinski definition) is 2. The number of primary amides is 1. The molecule has 0 aliphatic rings. The van der Waals surface area contributed by atoms with Crippen molar-refractivity contribution in [3.63, 3.8) is 0 Å². The summed E-state index contributed by atoms with van der Waals surface area (Å²) in [6, 6.07) is 16.5. The highest BCUT2D eigenvalue weighted by Gasteiger charge is 2.13. The Morgan fingerprint density at radius 3 is 2.33 bits per heavy atom. The van der Waals surface area contributed by atoms with E-state index in [0.29, 0.717) is 6.54 Å². The monoisotopic (exact) mass is 327 g/mol. The molecule has 0 aliphatic heterocycles. The number of carbonyl (C=O) groups is 2. The lowest BCUT2D eigenvalue weighted by Gasteiger charge is -2.24. The quantitative estimate of drug-likeness (QED) is 0.777. The summed E-state index contributed by atoms with van der Waals surface area (Å²) in [6.45, 7) is 0.484. The van der Waals surface area contributed by atoms with Crippen LogP contribution in [0.25, 0.3) is 0 Å². The lowest BCUT2D eigenvalue weighted by molar-refractivity contribution is -0.118. The molecule has 0 saturated heterocycles. The van der Waals surface area contributed by atoms with Crippen molar-refractivity contribution >= 4 is 23.2 Å². The topological polar surface area (TPSA) is 84.7 Å². The zero-order valence-electron chi connectivity index (χ0n) is 13.6. The minimum absolute atomic E-state index is 0.120. The van der Waals surface area contributed by atoms with Gasteiger partial charge in [0.15, 0.2) is 0 Å². The second kappa shape index (κ2) is 8.57. The number of amides is 2. The Morgan fingerprint density at radius 2 is 1.75 bits per heavy atom. The number of hydrogen-bond acceptors (Lipinski definition) is 4. The standard InChI is InChI=1S/C18H21N3O3/c1-24-16-9-7-15(8-10-16)21(12-11-17(19)22)13-18(23)20-14-5-3-2-4-6-14/h2-10H,11-13H2,1H3,(H2,19,22)(H,20,23). The van der Waals surface area contributed by atoms with Gasteiger partial charge < -0.3 is 20.7 Å². The molecule has 24 heavy (non-hydrogen) atoms. The first kappa shape index (κ1) is 17.3. The molecule has 126 valence electrons. The first-order chi connectivity index (χ1) is 11.6. The van der Waals surface area contributed by atoms with Gasteiger partial charge >= 0.3 is 0 Å². The zero-order chi connectivity index (χ0) is 17.4. The van der Waals surface area contributed by atoms with Crippen molar-refractivity contribution < 1.29 is 14.3 Å². The number of nitrogens with two attached hydrogens (primary N) is 1. The summed E-state index contributed by atoms with van der Waals surface area (Å²) in [4.78, 5) is 25.2. The second-order valence-electron chi connectivity index (χ2n) is 5.25. The van der Waals surface area contributed by atoms with E-state index in [2.05, 4.69) is 5.32 Å². The molecular formula is C18H21N3O3. The molecule has 0 spiro atoms. The van der Waals surface area contributed by atoms with Crippen LogP contribution in [0.15, 0.2) is 54.6 Å². The van der Waals surface area contributed by atoms with Crippen LogP contribution in [0.3, 0.4) is 0 Å². The molecule has 0 atom stereocenters. The second-order valence-corrected chi connectivity index (χ2v) is 5.25. The summed E-state index contributed by atoms with van der Waals surface area (Å²) in [7, 11) is 1.59. The van der Waals surface area contributed by atoms with Crippen LogP contribution in [-0.2, 0) is 9.59 Å². The SMILES string of the molecule is COc1ccc(N(CCC(N)=O)CC(=O)Nc2ccccc2)cc1. The molecule has 6 nitrogen and oxygen atoms in total. The predicted octanol–water partition coefficient (Wildman–Crippen LogP) is 2.02. The van der Waals surface area contributed by atoms with Crippen LogP contribution in [0.2, 0.25) is 0 Å². The fourth-order valence-electron chi connectivity index (χ4n) is 2.23. The van der Waals surface area contributed by atoms with E-state index in [1.165, 1.54) is 0 Å². The average Bonchev–Trinajstić information content (AvgIpc) is 2.59. The molecule has 0 bridgehead atoms. The van der Waals surface area contributed by atoms with E-state index >= 15 is 0 Å². The van der Waals surface area contributed by atoms with Gasteiger partial charge in [-0.05, 0) is 36.4 Å². The zero-order valence-corrected chi connectivity index (χ0v) is 13.6. The Balaban J connectivity index is 2.06. The van der Waals surface area contributed by atoms with Crippen LogP contribution in [0.5, 0.6) is 5.75 Å². The van der Waals surface area contributed by atoms with E-state index in [9.17, 15) is 9.59 Å². The van der Waals surface area contributed by atoms with Crippen LogP contribution in [-0.4, -0.2) is 32.0 Å². The van der Waals surface area contributed by atoms with E-state index < -0.39 is 5.91 Å². The number of benzene rings is 2. The maximum Gasteiger partial charge on any atom is 0.243 e. The fourth-order valence-corrected chi connectivity index (χ4v) is 2.23. The molecular weight excluding hydrogens is 306 g/mol. The van der Waals surface area contributed by atoms with E-state index in [4.69, 9.17) is 10.5 Å². The molecule has 0 aromatic heterocycles. The Kier molecular flexibility index (Phi) is 6.19. The van der Waals surface area contributed by atoms with Gasteiger partial charge in [0.1, 0.15) is 5.75 Å². The number of nitrogens with zero attached hydrogens (tertiary/aromatic N) is 1. The number of carbonyl (C=O) groups excluding carboxylic acids is 2. The molecule has 0 heterocycles. The summed E-state index contributed by atoms with van der Waals surface area (Å²) < 4.78 is 5.14. The van der Waals surface area contributed by atoms with Crippen molar-refractivity contribution in [1.82, 2.24) is 0 Å². The van der Waals surface area contributed by atoms with Gasteiger partial charge in [-0.15, -0.1) is 0 Å². The Labute approximate surface area is 141 Å². The van der Waals surface area contributed by atoms with Gasteiger partial charge in [0.05, 0.1) is 13.7 Å². The summed E-state index contributed by atoms with van der Waals surface area (Å²) in [5.74, 6) is 0.154. The summed E-state index contributed by atoms with van der Waals surface area (Å²) in [5, 5.41) is 2.83. The Hall–Kier alpha value is -3.02. The van der Waals surface area contributed by atoms with Gasteiger partial charge in [0.2, 0.25) is 11.8 Å². The molecule has 0 radical (unpaired) electrons. The minimum Gasteiger partial charge on any atom is -0.497 e. The molecule has 2 rings (SSSR count). The van der Waals surface area contributed by atoms with E-state index in [1.807, 2.05) is 59.5 Å². The number of para-hydroxylation sites is 1. The summed E-state index contributed by atoms with van der Waals surface area (Å²) in [6.07, 6.45) is 0.171. The van der Waals surface area contributed by atoms with Gasteiger partial charge in [0, 0.05) is 24.3 Å². The van der Waals surface area contributed by atoms with Crippen molar-refractivity contribution in [1.29, 1.82) is 0 Å². The highest BCUT2D eigenvalue weighted by molar-refractivity contribution is 5.94. The number of rotatable bonds is 8.